The maximum absolute atomic E-state index is 13.8. The molecule has 0 aliphatic rings. The Morgan fingerprint density at radius 1 is 1.04 bits per heavy atom. The van der Waals surface area contributed by atoms with Gasteiger partial charge in [-0.1, -0.05) is 36.0 Å². The highest BCUT2D eigenvalue weighted by Crippen LogP contribution is 2.22. The molecule has 2 aromatic heterocycles. The third-order valence-corrected chi connectivity index (χ3v) is 5.51. The van der Waals surface area contributed by atoms with Crippen LogP contribution >= 0.6 is 11.8 Å². The fraction of sp³-hybridized carbons (Fsp3) is 0.150. The number of hydrogen-bond acceptors (Lipinski definition) is 4. The summed E-state index contributed by atoms with van der Waals surface area (Å²) in [7, 11) is 0. The van der Waals surface area contributed by atoms with Gasteiger partial charge in [0.05, 0.1) is 0 Å². The molecule has 2 heterocycles. The van der Waals surface area contributed by atoms with Gasteiger partial charge in [0.2, 0.25) is 5.65 Å². The van der Waals surface area contributed by atoms with Gasteiger partial charge in [0.25, 0.3) is 0 Å². The predicted molar refractivity (Wildman–Crippen MR) is 104 cm³/mol. The summed E-state index contributed by atoms with van der Waals surface area (Å²) in [6, 6.07) is 12.5. The maximum atomic E-state index is 13.8. The third-order valence-electron chi connectivity index (χ3n) is 4.52. The summed E-state index contributed by atoms with van der Waals surface area (Å²) >= 11 is 1.34. The molecule has 4 aromatic rings. The summed E-state index contributed by atoms with van der Waals surface area (Å²) in [5.74, 6) is 0.157. The minimum Gasteiger partial charge on any atom is -0.280 e. The quantitative estimate of drug-likeness (QED) is 0.504. The fourth-order valence-electron chi connectivity index (χ4n) is 2.80. The highest BCUT2D eigenvalue weighted by atomic mass is 32.2. The standard InChI is InChI=1S/C20H17FN4OS/c1-13-7-8-16(11-14(13)2)24-9-10-25-18(19(24)26)22-23-20(25)27-12-15-5-3-4-6-17(15)21/h3-11H,12H2,1-2H3. The summed E-state index contributed by atoms with van der Waals surface area (Å²) in [6.45, 7) is 4.04. The topological polar surface area (TPSA) is 52.2 Å². The first-order valence-electron chi connectivity index (χ1n) is 8.45. The van der Waals surface area contributed by atoms with Crippen molar-refractivity contribution in [2.75, 3.05) is 0 Å². The van der Waals surface area contributed by atoms with E-state index in [1.165, 1.54) is 23.4 Å². The Bertz CT molecular complexity index is 1200. The Morgan fingerprint density at radius 3 is 2.63 bits per heavy atom. The normalized spacial score (nSPS) is 11.2. The summed E-state index contributed by atoms with van der Waals surface area (Å²) in [4.78, 5) is 12.8. The van der Waals surface area contributed by atoms with Gasteiger partial charge < -0.3 is 0 Å². The molecule has 0 atom stereocenters. The zero-order valence-corrected chi connectivity index (χ0v) is 15.7. The van der Waals surface area contributed by atoms with Crippen molar-refractivity contribution in [3.8, 4) is 5.69 Å². The molecule has 7 heteroatoms. The molecule has 0 aliphatic carbocycles. The van der Waals surface area contributed by atoms with Gasteiger partial charge in [-0.2, -0.15) is 0 Å². The zero-order chi connectivity index (χ0) is 19.0. The number of aryl methyl sites for hydroxylation is 2. The molecule has 0 bridgehead atoms. The van der Waals surface area contributed by atoms with E-state index >= 15 is 0 Å². The molecule has 0 fully saturated rings. The van der Waals surface area contributed by atoms with Crippen LogP contribution in [-0.4, -0.2) is 19.2 Å². The first kappa shape index (κ1) is 17.5. The van der Waals surface area contributed by atoms with Crippen molar-refractivity contribution in [1.82, 2.24) is 19.2 Å². The average Bonchev–Trinajstić information content (AvgIpc) is 3.08. The van der Waals surface area contributed by atoms with Gasteiger partial charge in [-0.05, 0) is 48.7 Å². The predicted octanol–water partition coefficient (Wildman–Crippen LogP) is 3.93. The van der Waals surface area contributed by atoms with Crippen LogP contribution in [0.15, 0.2) is 64.8 Å². The molecular formula is C20H17FN4OS. The number of nitrogens with zero attached hydrogens (tertiary/aromatic N) is 4. The summed E-state index contributed by atoms with van der Waals surface area (Å²) in [5.41, 5.74) is 3.65. The molecule has 0 unspecified atom stereocenters. The average molecular weight is 380 g/mol. The van der Waals surface area contributed by atoms with Gasteiger partial charge in [0.15, 0.2) is 5.16 Å². The Labute approximate surface area is 159 Å². The lowest BCUT2D eigenvalue weighted by Crippen LogP contribution is -2.20. The molecule has 0 saturated carbocycles. The number of rotatable bonds is 4. The summed E-state index contributed by atoms with van der Waals surface area (Å²) in [6.07, 6.45) is 3.46. The van der Waals surface area contributed by atoms with E-state index in [9.17, 15) is 9.18 Å². The van der Waals surface area contributed by atoms with Crippen molar-refractivity contribution in [3.63, 3.8) is 0 Å². The molecule has 27 heavy (non-hydrogen) atoms. The van der Waals surface area contributed by atoms with Crippen molar-refractivity contribution in [2.45, 2.75) is 24.8 Å². The van der Waals surface area contributed by atoms with Crippen molar-refractivity contribution in [3.05, 3.63) is 87.7 Å². The van der Waals surface area contributed by atoms with Gasteiger partial charge in [-0.25, -0.2) is 4.39 Å². The van der Waals surface area contributed by atoms with Gasteiger partial charge in [0, 0.05) is 23.8 Å². The summed E-state index contributed by atoms with van der Waals surface area (Å²) < 4.78 is 17.0. The lowest BCUT2D eigenvalue weighted by atomic mass is 10.1. The van der Waals surface area contributed by atoms with Gasteiger partial charge >= 0.3 is 5.56 Å². The molecule has 0 aliphatic heterocycles. The molecule has 0 radical (unpaired) electrons. The first-order chi connectivity index (χ1) is 13.0. The van der Waals surface area contributed by atoms with Gasteiger partial charge in [-0.15, -0.1) is 10.2 Å². The van der Waals surface area contributed by atoms with Crippen LogP contribution in [0.1, 0.15) is 16.7 Å². The summed E-state index contributed by atoms with van der Waals surface area (Å²) in [5, 5.41) is 8.70. The molecule has 5 nitrogen and oxygen atoms in total. The van der Waals surface area contributed by atoms with E-state index in [-0.39, 0.29) is 17.0 Å². The minimum absolute atomic E-state index is 0.242. The van der Waals surface area contributed by atoms with E-state index in [0.717, 1.165) is 11.3 Å². The molecule has 0 spiro atoms. The number of halogens is 1. The minimum atomic E-state index is -0.254. The van der Waals surface area contributed by atoms with E-state index in [1.54, 1.807) is 39.6 Å². The second-order valence-corrected chi connectivity index (χ2v) is 7.24. The van der Waals surface area contributed by atoms with Crippen LogP contribution in [0.5, 0.6) is 0 Å². The number of aromatic nitrogens is 4. The Kier molecular flexibility index (Phi) is 4.53. The van der Waals surface area contributed by atoms with Crippen LogP contribution in [0.25, 0.3) is 11.3 Å². The number of fused-ring (bicyclic) bond motifs is 1. The second-order valence-electron chi connectivity index (χ2n) is 6.30. The van der Waals surface area contributed by atoms with E-state index in [0.29, 0.717) is 16.5 Å². The molecule has 2 aromatic carbocycles. The third kappa shape index (κ3) is 3.26. The van der Waals surface area contributed by atoms with E-state index < -0.39 is 0 Å². The van der Waals surface area contributed by atoms with Crippen molar-refractivity contribution in [2.24, 2.45) is 0 Å². The van der Waals surface area contributed by atoms with Crippen LogP contribution in [0, 0.1) is 19.7 Å². The number of thioether (sulfide) groups is 1. The molecule has 0 saturated heterocycles. The Hall–Kier alpha value is -2.93. The fourth-order valence-corrected chi connectivity index (χ4v) is 3.70. The lowest BCUT2D eigenvalue weighted by molar-refractivity contribution is 0.617. The SMILES string of the molecule is Cc1ccc(-n2ccn3c(SCc4ccccc4F)nnc3c2=O)cc1C. The monoisotopic (exact) mass is 380 g/mol. The Morgan fingerprint density at radius 2 is 1.85 bits per heavy atom. The van der Waals surface area contributed by atoms with Crippen LogP contribution < -0.4 is 5.56 Å². The highest BCUT2D eigenvalue weighted by Gasteiger charge is 2.13. The van der Waals surface area contributed by atoms with Crippen molar-refractivity contribution in [1.29, 1.82) is 0 Å². The zero-order valence-electron chi connectivity index (χ0n) is 14.9. The van der Waals surface area contributed by atoms with Crippen molar-refractivity contribution >= 4 is 17.4 Å². The first-order valence-corrected chi connectivity index (χ1v) is 9.43. The molecule has 136 valence electrons. The highest BCUT2D eigenvalue weighted by molar-refractivity contribution is 7.98. The van der Waals surface area contributed by atoms with Crippen molar-refractivity contribution < 1.29 is 4.39 Å². The van der Waals surface area contributed by atoms with Crippen LogP contribution in [0.2, 0.25) is 0 Å². The number of benzene rings is 2. The van der Waals surface area contributed by atoms with E-state index in [2.05, 4.69) is 10.2 Å². The maximum Gasteiger partial charge on any atom is 0.300 e. The lowest BCUT2D eigenvalue weighted by Gasteiger charge is -2.09. The number of hydrogen-bond donors (Lipinski definition) is 0. The van der Waals surface area contributed by atoms with Crippen LogP contribution in [0.3, 0.4) is 0 Å². The largest absolute Gasteiger partial charge is 0.300 e. The van der Waals surface area contributed by atoms with Crippen LogP contribution in [-0.2, 0) is 5.75 Å². The van der Waals surface area contributed by atoms with E-state index in [1.807, 2.05) is 32.0 Å². The second kappa shape index (κ2) is 7.00. The smallest absolute Gasteiger partial charge is 0.280 e. The molecule has 4 rings (SSSR count). The van der Waals surface area contributed by atoms with E-state index in [4.69, 9.17) is 0 Å². The molecular weight excluding hydrogens is 363 g/mol. The molecule has 0 amide bonds. The van der Waals surface area contributed by atoms with Gasteiger partial charge in [0.1, 0.15) is 5.82 Å². The molecule has 0 N–H and O–H groups in total. The van der Waals surface area contributed by atoms with Gasteiger partial charge in [-0.3, -0.25) is 13.8 Å². The van der Waals surface area contributed by atoms with Crippen LogP contribution in [0.4, 0.5) is 4.39 Å². The Balaban J connectivity index is 1.68.